The smallest absolute Gasteiger partial charge is 0.196 e. The monoisotopic (exact) mass is 380 g/mol. The van der Waals surface area contributed by atoms with Crippen LogP contribution in [0.5, 0.6) is 5.75 Å². The van der Waals surface area contributed by atoms with Crippen LogP contribution >= 0.6 is 0 Å². The van der Waals surface area contributed by atoms with E-state index < -0.39 is 0 Å². The van der Waals surface area contributed by atoms with E-state index in [0.29, 0.717) is 12.6 Å². The molecule has 0 saturated heterocycles. The second-order valence-electron chi connectivity index (χ2n) is 7.72. The minimum Gasteiger partial charge on any atom is -0.489 e. The molecule has 0 bridgehead atoms. The van der Waals surface area contributed by atoms with E-state index in [1.807, 2.05) is 42.5 Å². The molecule has 0 unspecified atom stereocenters. The summed E-state index contributed by atoms with van der Waals surface area (Å²) in [5.74, 6) is 1.63. The lowest BCUT2D eigenvalue weighted by Gasteiger charge is -2.27. The van der Waals surface area contributed by atoms with Crippen LogP contribution in [0.15, 0.2) is 59.6 Å². The van der Waals surface area contributed by atoms with Gasteiger partial charge in [-0.25, -0.2) is 4.99 Å². The number of aliphatic imine (C=N–C) groups is 1. The quantitative estimate of drug-likeness (QED) is 0.516. The minimum atomic E-state index is 0.147. The molecule has 0 aromatic heterocycles. The Hall–Kier alpha value is -2.53. The van der Waals surface area contributed by atoms with E-state index in [1.54, 1.807) is 0 Å². The molecular weight excluding hydrogens is 348 g/mol. The summed E-state index contributed by atoms with van der Waals surface area (Å²) in [5.41, 5.74) is 8.41. The number of guanidine groups is 1. The Kier molecular flexibility index (Phi) is 7.31. The van der Waals surface area contributed by atoms with Gasteiger partial charge in [-0.3, -0.25) is 0 Å². The van der Waals surface area contributed by atoms with Crippen molar-refractivity contribution in [3.05, 3.63) is 60.2 Å². The topological polar surface area (TPSA) is 71.7 Å². The maximum atomic E-state index is 6.27. The molecular formula is C23H32N4O. The lowest BCUT2D eigenvalue weighted by Crippen LogP contribution is -2.41. The summed E-state index contributed by atoms with van der Waals surface area (Å²) in [6.07, 6.45) is 4.51. The Morgan fingerprint density at radius 3 is 2.46 bits per heavy atom. The summed E-state index contributed by atoms with van der Waals surface area (Å²) in [6.45, 7) is 4.78. The zero-order valence-electron chi connectivity index (χ0n) is 16.9. The summed E-state index contributed by atoms with van der Waals surface area (Å²) in [7, 11) is 0. The van der Waals surface area contributed by atoms with Gasteiger partial charge in [0, 0.05) is 17.8 Å². The molecule has 5 heteroatoms. The normalized spacial score (nSPS) is 20.1. The first kappa shape index (κ1) is 20.2. The Morgan fingerprint density at radius 1 is 1.07 bits per heavy atom. The van der Waals surface area contributed by atoms with Crippen molar-refractivity contribution in [2.75, 3.05) is 5.32 Å². The van der Waals surface area contributed by atoms with Crippen molar-refractivity contribution in [2.24, 2.45) is 10.7 Å². The summed E-state index contributed by atoms with van der Waals surface area (Å²) >= 11 is 0. The van der Waals surface area contributed by atoms with Crippen molar-refractivity contribution in [2.45, 2.75) is 64.3 Å². The molecule has 0 aliphatic heterocycles. The molecule has 0 radical (unpaired) electrons. The van der Waals surface area contributed by atoms with Crippen molar-refractivity contribution in [3.63, 3.8) is 0 Å². The summed E-state index contributed by atoms with van der Waals surface area (Å²) in [6, 6.07) is 18.8. The van der Waals surface area contributed by atoms with Crippen LogP contribution in [-0.2, 0) is 6.61 Å². The van der Waals surface area contributed by atoms with Crippen molar-refractivity contribution >= 4 is 11.6 Å². The fourth-order valence-corrected chi connectivity index (χ4v) is 3.36. The minimum absolute atomic E-state index is 0.147. The molecule has 28 heavy (non-hydrogen) atoms. The van der Waals surface area contributed by atoms with Gasteiger partial charge in [0.2, 0.25) is 0 Å². The summed E-state index contributed by atoms with van der Waals surface area (Å²) in [5, 5.41) is 6.82. The fourth-order valence-electron chi connectivity index (χ4n) is 3.36. The average molecular weight is 381 g/mol. The lowest BCUT2D eigenvalue weighted by molar-refractivity contribution is 0.306. The lowest BCUT2D eigenvalue weighted by atomic mass is 9.91. The number of nitrogens with zero attached hydrogens (tertiary/aromatic N) is 1. The molecule has 3 rings (SSSR count). The molecule has 4 N–H and O–H groups in total. The third kappa shape index (κ3) is 6.27. The Morgan fingerprint density at radius 2 is 1.79 bits per heavy atom. The van der Waals surface area contributed by atoms with Crippen molar-refractivity contribution in [1.82, 2.24) is 5.32 Å². The number of ether oxygens (including phenoxy) is 1. The molecule has 0 heterocycles. The van der Waals surface area contributed by atoms with Crippen LogP contribution in [0.4, 0.5) is 5.69 Å². The molecule has 2 aromatic rings. The van der Waals surface area contributed by atoms with Gasteiger partial charge in [-0.15, -0.1) is 0 Å². The van der Waals surface area contributed by atoms with Crippen LogP contribution in [-0.4, -0.2) is 24.1 Å². The molecule has 0 spiro atoms. The van der Waals surface area contributed by atoms with Crippen LogP contribution in [0, 0.1) is 0 Å². The first-order chi connectivity index (χ1) is 13.6. The highest BCUT2D eigenvalue weighted by Crippen LogP contribution is 2.21. The average Bonchev–Trinajstić information content (AvgIpc) is 2.69. The molecule has 1 fully saturated rings. The van der Waals surface area contributed by atoms with Crippen molar-refractivity contribution in [3.8, 4) is 5.75 Å². The van der Waals surface area contributed by atoms with E-state index >= 15 is 0 Å². The third-order valence-corrected chi connectivity index (χ3v) is 4.87. The van der Waals surface area contributed by atoms with E-state index in [9.17, 15) is 0 Å². The SMILES string of the molecule is CC(C)NC(=N[C@H]1CCCC[C@@H]1N)Nc1ccc(OCc2ccccc2)cc1. The standard InChI is InChI=1S/C23H32N4O/c1-17(2)25-23(27-22-11-7-6-10-21(22)24)26-19-12-14-20(15-13-19)28-16-18-8-4-3-5-9-18/h3-5,8-9,12-15,17,21-22H,6-7,10-11,16,24H2,1-2H3,(H2,25,26,27)/t21-,22-/m0/s1. The van der Waals surface area contributed by atoms with Crippen LogP contribution in [0.25, 0.3) is 0 Å². The molecule has 1 saturated carbocycles. The predicted molar refractivity (Wildman–Crippen MR) is 117 cm³/mol. The number of anilines is 1. The Labute approximate surface area is 168 Å². The number of hydrogen-bond acceptors (Lipinski definition) is 3. The zero-order chi connectivity index (χ0) is 19.8. The van der Waals surface area contributed by atoms with Gasteiger partial charge < -0.3 is 21.1 Å². The van der Waals surface area contributed by atoms with Gasteiger partial charge >= 0.3 is 0 Å². The van der Waals surface area contributed by atoms with Crippen LogP contribution in [0.2, 0.25) is 0 Å². The maximum absolute atomic E-state index is 6.27. The van der Waals surface area contributed by atoms with E-state index in [0.717, 1.165) is 35.8 Å². The van der Waals surface area contributed by atoms with Crippen molar-refractivity contribution < 1.29 is 4.74 Å². The van der Waals surface area contributed by atoms with Crippen LogP contribution in [0.1, 0.15) is 45.1 Å². The number of rotatable bonds is 6. The van der Waals surface area contributed by atoms with Gasteiger partial charge in [-0.1, -0.05) is 43.2 Å². The Balaban J connectivity index is 1.62. The second-order valence-corrected chi connectivity index (χ2v) is 7.72. The zero-order valence-corrected chi connectivity index (χ0v) is 16.9. The van der Waals surface area contributed by atoms with Gasteiger partial charge in [-0.05, 0) is 56.5 Å². The number of benzene rings is 2. The molecule has 0 amide bonds. The first-order valence-corrected chi connectivity index (χ1v) is 10.2. The molecule has 1 aliphatic carbocycles. The van der Waals surface area contributed by atoms with Gasteiger partial charge in [0.05, 0.1) is 6.04 Å². The number of nitrogens with two attached hydrogens (primary N) is 1. The van der Waals surface area contributed by atoms with Gasteiger partial charge in [0.25, 0.3) is 0 Å². The maximum Gasteiger partial charge on any atom is 0.196 e. The highest BCUT2D eigenvalue weighted by atomic mass is 16.5. The van der Waals surface area contributed by atoms with Gasteiger partial charge in [-0.2, -0.15) is 0 Å². The van der Waals surface area contributed by atoms with Crippen LogP contribution < -0.4 is 21.1 Å². The highest BCUT2D eigenvalue weighted by molar-refractivity contribution is 5.94. The first-order valence-electron chi connectivity index (χ1n) is 10.2. The molecule has 1 aliphatic rings. The van der Waals surface area contributed by atoms with E-state index in [4.69, 9.17) is 15.5 Å². The van der Waals surface area contributed by atoms with Gasteiger partial charge in [0.15, 0.2) is 5.96 Å². The predicted octanol–water partition coefficient (Wildman–Crippen LogP) is 4.30. The van der Waals surface area contributed by atoms with E-state index in [1.165, 1.54) is 12.8 Å². The molecule has 2 atom stereocenters. The molecule has 2 aromatic carbocycles. The van der Waals surface area contributed by atoms with E-state index in [-0.39, 0.29) is 12.1 Å². The second kappa shape index (κ2) is 10.1. The summed E-state index contributed by atoms with van der Waals surface area (Å²) < 4.78 is 5.86. The molecule has 5 nitrogen and oxygen atoms in total. The van der Waals surface area contributed by atoms with Crippen molar-refractivity contribution in [1.29, 1.82) is 0 Å². The van der Waals surface area contributed by atoms with Gasteiger partial charge in [0.1, 0.15) is 12.4 Å². The Bertz CT molecular complexity index is 743. The fraction of sp³-hybridized carbons (Fsp3) is 0.435. The summed E-state index contributed by atoms with van der Waals surface area (Å²) in [4.78, 5) is 4.89. The number of hydrogen-bond donors (Lipinski definition) is 3. The van der Waals surface area contributed by atoms with Crippen LogP contribution in [0.3, 0.4) is 0 Å². The third-order valence-electron chi connectivity index (χ3n) is 4.87. The number of nitrogens with one attached hydrogen (secondary N) is 2. The largest absolute Gasteiger partial charge is 0.489 e. The highest BCUT2D eigenvalue weighted by Gasteiger charge is 2.21. The molecule has 150 valence electrons. The van der Waals surface area contributed by atoms with E-state index in [2.05, 4.69) is 36.6 Å².